The molecule has 0 aromatic heterocycles. The first-order valence-corrected chi connectivity index (χ1v) is 4.93. The van der Waals surface area contributed by atoms with Gasteiger partial charge >= 0.3 is 21.1 Å². The number of primary amides is 2. The molecule has 0 unspecified atom stereocenters. The normalized spacial score (nSPS) is 6.88. The number of unbranched alkanes of at least 4 members (excludes halogenated alkanes) is 1. The Morgan fingerprint density at radius 3 is 1.76 bits per heavy atom. The zero-order valence-corrected chi connectivity index (χ0v) is 12.8. The summed E-state index contributed by atoms with van der Waals surface area (Å²) in [6, 6.07) is 0. The van der Waals surface area contributed by atoms with E-state index in [1.807, 2.05) is 0 Å². The maximum Gasteiger partial charge on any atom is 3.00 e. The number of nitrogens with two attached hydrogens (primary N) is 2. The van der Waals surface area contributed by atoms with Crippen molar-refractivity contribution in [1.29, 1.82) is 0 Å². The third-order valence-corrected chi connectivity index (χ3v) is 1.09. The molecule has 0 aliphatic rings. The van der Waals surface area contributed by atoms with Gasteiger partial charge in [-0.25, -0.2) is 0 Å². The average Bonchev–Trinajstić information content (AvgIpc) is 2.01. The zero-order chi connectivity index (χ0) is 13.6. The van der Waals surface area contributed by atoms with E-state index in [2.05, 4.69) is 48.6 Å². The Morgan fingerprint density at radius 2 is 1.59 bits per heavy atom. The van der Waals surface area contributed by atoms with Crippen LogP contribution in [0.25, 0.3) is 0 Å². The third kappa shape index (κ3) is 145. The van der Waals surface area contributed by atoms with E-state index in [4.69, 9.17) is 19.8 Å². The maximum absolute atomic E-state index is 8.67. The molecule has 0 aromatic rings. The standard InChI is InChI=1S/C5H11NS2.2CH3NO2.Mo/c1-2-3-4-6-5(7)8;2*2-1(3)4;/h2-4H2,1H3,(H2,6,7,8);2*2H2,(H,3,4);/q;;;+3/p-3. The van der Waals surface area contributed by atoms with Crippen LogP contribution < -0.4 is 27.0 Å². The first kappa shape index (κ1) is 25.2. The molecule has 0 spiro atoms. The number of carboxylic acid groups (broad SMARTS) is 2. The van der Waals surface area contributed by atoms with Crippen molar-refractivity contribution in [2.75, 3.05) is 6.54 Å². The summed E-state index contributed by atoms with van der Waals surface area (Å²) >= 11 is 9.23. The Morgan fingerprint density at radius 1 is 1.29 bits per heavy atom. The van der Waals surface area contributed by atoms with Gasteiger partial charge in [0.1, 0.15) is 12.2 Å². The number of hydrogen-bond donors (Lipinski definition) is 3. The predicted molar refractivity (Wildman–Crippen MR) is 62.0 cm³/mol. The third-order valence-electron chi connectivity index (χ3n) is 0.800. The van der Waals surface area contributed by atoms with Gasteiger partial charge in [-0.3, -0.25) is 0 Å². The van der Waals surface area contributed by atoms with E-state index in [9.17, 15) is 0 Å². The quantitative estimate of drug-likeness (QED) is 0.223. The van der Waals surface area contributed by atoms with Crippen LogP contribution in [0, 0.1) is 0 Å². The van der Waals surface area contributed by atoms with Gasteiger partial charge in [0.2, 0.25) is 0 Å². The van der Waals surface area contributed by atoms with Gasteiger partial charge in [0.15, 0.2) is 0 Å². The van der Waals surface area contributed by atoms with Crippen LogP contribution in [0.1, 0.15) is 19.8 Å². The van der Waals surface area contributed by atoms with Crippen molar-refractivity contribution < 1.29 is 40.9 Å². The van der Waals surface area contributed by atoms with Gasteiger partial charge in [-0.1, -0.05) is 17.7 Å². The Hall–Kier alpha value is -0.662. The number of carbonyl (C=O) groups excluding carboxylic acids is 2. The fourth-order valence-corrected chi connectivity index (χ4v) is 0.571. The summed E-state index contributed by atoms with van der Waals surface area (Å²) in [7, 11) is 0. The largest absolute Gasteiger partial charge is 3.00 e. The monoisotopic (exact) mass is 366 g/mol. The van der Waals surface area contributed by atoms with Crippen LogP contribution in [0.15, 0.2) is 0 Å². The molecule has 0 bridgehead atoms. The molecular formula is C7H14MoN3O4S2. The topological polar surface area (TPSA) is 144 Å². The number of amides is 2. The van der Waals surface area contributed by atoms with Gasteiger partial charge in [0.25, 0.3) is 0 Å². The molecule has 7 nitrogen and oxygen atoms in total. The van der Waals surface area contributed by atoms with Crippen LogP contribution in [0.5, 0.6) is 0 Å². The van der Waals surface area contributed by atoms with E-state index in [-0.39, 0.29) is 21.1 Å². The molecule has 0 heterocycles. The Labute approximate surface area is 125 Å². The van der Waals surface area contributed by atoms with Gasteiger partial charge < -0.3 is 61.4 Å². The second kappa shape index (κ2) is 20.7. The number of rotatable bonds is 3. The second-order valence-electron chi connectivity index (χ2n) is 2.21. The number of carbonyl (C=O) groups is 2. The van der Waals surface area contributed by atoms with E-state index in [1.54, 1.807) is 0 Å². The summed E-state index contributed by atoms with van der Waals surface area (Å²) < 4.78 is 0.485. The first-order chi connectivity index (χ1) is 7.23. The van der Waals surface area contributed by atoms with Crippen LogP contribution in [-0.4, -0.2) is 23.1 Å². The molecule has 0 aliphatic carbocycles. The van der Waals surface area contributed by atoms with Gasteiger partial charge in [-0.15, -0.1) is 0 Å². The zero-order valence-electron chi connectivity index (χ0n) is 9.13. The first-order valence-electron chi connectivity index (χ1n) is 4.11. The van der Waals surface area contributed by atoms with Crippen LogP contribution in [-0.2, 0) is 33.7 Å². The summed E-state index contributed by atoms with van der Waals surface area (Å²) in [5.74, 6) is 0. The summed E-state index contributed by atoms with van der Waals surface area (Å²) in [4.78, 5) is 17.3. The van der Waals surface area contributed by atoms with Crippen molar-refractivity contribution in [2.45, 2.75) is 19.8 Å². The molecule has 0 aliphatic heterocycles. The molecule has 0 fully saturated rings. The minimum atomic E-state index is -1.58. The smallest absolute Gasteiger partial charge is 0.530 e. The Balaban J connectivity index is -0.0000000806. The van der Waals surface area contributed by atoms with Crippen LogP contribution in [0.2, 0.25) is 0 Å². The molecule has 0 aromatic carbocycles. The molecule has 10 heteroatoms. The van der Waals surface area contributed by atoms with E-state index in [0.717, 1.165) is 13.0 Å². The van der Waals surface area contributed by atoms with E-state index in [0.29, 0.717) is 4.32 Å². The van der Waals surface area contributed by atoms with Crippen LogP contribution in [0.4, 0.5) is 9.59 Å². The molecule has 5 N–H and O–H groups in total. The van der Waals surface area contributed by atoms with Crippen molar-refractivity contribution in [2.24, 2.45) is 11.5 Å². The summed E-state index contributed by atoms with van der Waals surface area (Å²) in [6.07, 6.45) is -0.832. The number of hydrogen-bond acceptors (Lipinski definition) is 6. The van der Waals surface area contributed by atoms with Crippen LogP contribution >= 0.6 is 12.2 Å². The van der Waals surface area contributed by atoms with E-state index in [1.165, 1.54) is 6.42 Å². The van der Waals surface area contributed by atoms with Gasteiger partial charge in [-0.05, 0) is 6.42 Å². The molecule has 0 saturated heterocycles. The van der Waals surface area contributed by atoms with Crippen molar-refractivity contribution in [3.63, 3.8) is 0 Å². The average molecular weight is 364 g/mol. The molecule has 0 atom stereocenters. The fourth-order valence-electron chi connectivity index (χ4n) is 0.367. The summed E-state index contributed by atoms with van der Waals surface area (Å²) in [6.45, 7) is 3.06. The van der Waals surface area contributed by atoms with Gasteiger partial charge in [0.05, 0.1) is 0 Å². The van der Waals surface area contributed by atoms with Gasteiger partial charge in [0, 0.05) is 6.54 Å². The molecule has 1 radical (unpaired) electrons. The SMILES string of the molecule is CCCCNC(=S)[S-].NC(=O)[O-].NC(=O)[O-].[Mo+3]. The van der Waals surface area contributed by atoms with E-state index < -0.39 is 12.2 Å². The van der Waals surface area contributed by atoms with E-state index >= 15 is 0 Å². The number of nitrogens with one attached hydrogen (secondary N) is 1. The number of thiocarbonyl (C=S) groups is 1. The molecule has 0 rings (SSSR count). The predicted octanol–water partition coefficient (Wildman–Crippen LogP) is -2.22. The fraction of sp³-hybridized carbons (Fsp3) is 0.571. The van der Waals surface area contributed by atoms with Crippen molar-refractivity contribution in [1.82, 2.24) is 5.32 Å². The summed E-state index contributed by atoms with van der Waals surface area (Å²) in [5, 5.41) is 20.2. The second-order valence-corrected chi connectivity index (χ2v) is 3.28. The van der Waals surface area contributed by atoms with Crippen molar-refractivity contribution >= 4 is 41.4 Å². The molecular weight excluding hydrogens is 350 g/mol. The molecule has 17 heavy (non-hydrogen) atoms. The van der Waals surface area contributed by atoms with Crippen molar-refractivity contribution in [3.05, 3.63) is 0 Å². The molecule has 99 valence electrons. The molecule has 2 amide bonds. The van der Waals surface area contributed by atoms with Crippen LogP contribution in [0.3, 0.4) is 0 Å². The van der Waals surface area contributed by atoms with Gasteiger partial charge in [-0.2, -0.15) is 0 Å². The Kier molecular flexibility index (Phi) is 30.8. The minimum absolute atomic E-state index is 0. The minimum Gasteiger partial charge on any atom is -0.530 e. The Bertz CT molecular complexity index is 199. The summed E-state index contributed by atoms with van der Waals surface area (Å²) in [5.41, 5.74) is 7.83. The van der Waals surface area contributed by atoms with Crippen molar-refractivity contribution in [3.8, 4) is 0 Å². The molecule has 0 saturated carbocycles. The maximum atomic E-state index is 8.67.